The largest absolute Gasteiger partial charge is 0.507 e. The van der Waals surface area contributed by atoms with E-state index in [1.807, 2.05) is 0 Å². The number of ether oxygens (including phenoxy) is 1. The summed E-state index contributed by atoms with van der Waals surface area (Å²) in [4.78, 5) is 12.4. The molecule has 1 atom stereocenters. The molecule has 2 N–H and O–H groups in total. The van der Waals surface area contributed by atoms with Gasteiger partial charge in [-0.1, -0.05) is 23.7 Å². The molecule has 0 fully saturated rings. The molecule has 2 aromatic carbocycles. The maximum atomic E-state index is 14.2. The molecule has 0 saturated carbocycles. The minimum Gasteiger partial charge on any atom is -0.507 e. The number of anilines is 1. The van der Waals surface area contributed by atoms with Crippen molar-refractivity contribution in [1.29, 1.82) is 0 Å². The Hall–Kier alpha value is -2.41. The van der Waals surface area contributed by atoms with Crippen LogP contribution in [-0.2, 0) is 15.1 Å². The number of nitrogens with one attached hydrogen (secondary N) is 1. The van der Waals surface area contributed by atoms with Gasteiger partial charge in [-0.3, -0.25) is 0 Å². The molecule has 0 aromatic heterocycles. The molecule has 4 nitrogen and oxygen atoms in total. The summed E-state index contributed by atoms with van der Waals surface area (Å²) in [5, 5.41) is 12.1. The van der Waals surface area contributed by atoms with Crippen LogP contribution >= 0.6 is 11.6 Å². The zero-order valence-corrected chi connectivity index (χ0v) is 15.0. The van der Waals surface area contributed by atoms with Crippen LogP contribution in [-0.4, -0.2) is 24.4 Å². The summed E-state index contributed by atoms with van der Waals surface area (Å²) in [5.74, 6) is -1.69. The van der Waals surface area contributed by atoms with E-state index in [0.29, 0.717) is 0 Å². The number of phenols is 1. The first-order valence-electron chi connectivity index (χ1n) is 7.53. The van der Waals surface area contributed by atoms with Gasteiger partial charge in [-0.15, -0.1) is 0 Å². The van der Waals surface area contributed by atoms with Crippen molar-refractivity contribution in [2.24, 2.45) is 0 Å². The Balaban J connectivity index is 2.80. The number of aromatic hydroxyl groups is 1. The first kappa shape index (κ1) is 19.9. The highest BCUT2D eigenvalue weighted by atomic mass is 35.5. The first-order chi connectivity index (χ1) is 12.0. The quantitative estimate of drug-likeness (QED) is 0.746. The van der Waals surface area contributed by atoms with Crippen LogP contribution in [0.3, 0.4) is 0 Å². The van der Waals surface area contributed by atoms with Gasteiger partial charge in [0, 0.05) is 0 Å². The predicted molar refractivity (Wildman–Crippen MR) is 92.4 cm³/mol. The normalized spacial score (nSPS) is 13.8. The topological polar surface area (TPSA) is 58.6 Å². The lowest BCUT2D eigenvalue weighted by atomic mass is 9.86. The van der Waals surface area contributed by atoms with E-state index in [1.54, 1.807) is 6.07 Å². The summed E-state index contributed by atoms with van der Waals surface area (Å²) in [7, 11) is 0.872. The maximum Gasteiger partial charge on any atom is 0.426 e. The molecule has 0 unspecified atom stereocenters. The fourth-order valence-electron chi connectivity index (χ4n) is 2.68. The molecular formula is C18H17ClF3NO3. The highest BCUT2D eigenvalue weighted by Crippen LogP contribution is 2.45. The Kier molecular flexibility index (Phi) is 5.41. The van der Waals surface area contributed by atoms with Crippen molar-refractivity contribution in [3.05, 3.63) is 58.1 Å². The number of hydrogen-bond donors (Lipinski definition) is 2. The standard InChI is InChI=1S/C18H17ClF3NO3/c1-10-8-12(9-11(2)15(10)24)17(16(25)26-3,18(20,21)22)23-14-7-5-4-6-13(14)19/h4-9,23-24H,1-3H3/t17-/m0/s1. The molecular weight excluding hydrogens is 371 g/mol. The first-order valence-corrected chi connectivity index (χ1v) is 7.91. The van der Waals surface area contributed by atoms with Crippen LogP contribution in [0.5, 0.6) is 5.75 Å². The van der Waals surface area contributed by atoms with Gasteiger partial charge in [0.15, 0.2) is 0 Å². The Labute approximate surface area is 153 Å². The average molecular weight is 388 g/mol. The lowest BCUT2D eigenvalue weighted by Gasteiger charge is -2.35. The molecule has 0 radical (unpaired) electrons. The van der Waals surface area contributed by atoms with Crippen molar-refractivity contribution >= 4 is 23.3 Å². The second kappa shape index (κ2) is 7.07. The van der Waals surface area contributed by atoms with Gasteiger partial charge in [0.05, 0.1) is 17.8 Å². The van der Waals surface area contributed by atoms with Gasteiger partial charge in [0.1, 0.15) is 5.75 Å². The molecule has 2 aromatic rings. The van der Waals surface area contributed by atoms with Gasteiger partial charge < -0.3 is 15.2 Å². The molecule has 0 aliphatic rings. The van der Waals surface area contributed by atoms with E-state index < -0.39 is 23.2 Å². The highest BCUT2D eigenvalue weighted by Gasteiger charge is 2.63. The Morgan fingerprint density at radius 3 is 2.15 bits per heavy atom. The molecule has 0 bridgehead atoms. The number of benzene rings is 2. The van der Waals surface area contributed by atoms with Gasteiger partial charge in [0.2, 0.25) is 0 Å². The number of halogens is 4. The molecule has 8 heteroatoms. The van der Waals surface area contributed by atoms with Crippen LogP contribution in [0.2, 0.25) is 5.02 Å². The Morgan fingerprint density at radius 2 is 1.69 bits per heavy atom. The minimum atomic E-state index is -5.06. The molecule has 140 valence electrons. The number of carbonyl (C=O) groups excluding carboxylic acids is 1. The minimum absolute atomic E-state index is 0.0113. The van der Waals surface area contributed by atoms with E-state index in [9.17, 15) is 23.1 Å². The third kappa shape index (κ3) is 3.31. The number of esters is 1. The van der Waals surface area contributed by atoms with Gasteiger partial charge in [-0.2, -0.15) is 13.2 Å². The number of hydrogen-bond acceptors (Lipinski definition) is 4. The number of para-hydroxylation sites is 1. The average Bonchev–Trinajstić information content (AvgIpc) is 2.56. The van der Waals surface area contributed by atoms with Crippen molar-refractivity contribution in [3.8, 4) is 5.75 Å². The van der Waals surface area contributed by atoms with E-state index in [2.05, 4.69) is 10.1 Å². The molecule has 0 spiro atoms. The third-order valence-electron chi connectivity index (χ3n) is 4.04. The van der Waals surface area contributed by atoms with Crippen LogP contribution in [0.1, 0.15) is 16.7 Å². The molecule has 0 aliphatic carbocycles. The van der Waals surface area contributed by atoms with E-state index in [-0.39, 0.29) is 27.6 Å². The van der Waals surface area contributed by atoms with Crippen molar-refractivity contribution in [2.45, 2.75) is 25.6 Å². The number of carbonyl (C=O) groups is 1. The van der Waals surface area contributed by atoms with Gasteiger partial charge in [-0.25, -0.2) is 4.79 Å². The highest BCUT2D eigenvalue weighted by molar-refractivity contribution is 6.33. The number of phenolic OH excluding ortho intramolecular Hbond substituents is 1. The van der Waals surface area contributed by atoms with Gasteiger partial charge in [0.25, 0.3) is 5.54 Å². The van der Waals surface area contributed by atoms with Crippen molar-refractivity contribution in [1.82, 2.24) is 0 Å². The maximum absolute atomic E-state index is 14.2. The number of methoxy groups -OCH3 is 1. The number of rotatable bonds is 4. The zero-order valence-electron chi connectivity index (χ0n) is 14.2. The van der Waals surface area contributed by atoms with E-state index in [4.69, 9.17) is 11.6 Å². The molecule has 0 saturated heterocycles. The van der Waals surface area contributed by atoms with Crippen molar-refractivity contribution in [3.63, 3.8) is 0 Å². The number of alkyl halides is 3. The fraction of sp³-hybridized carbons (Fsp3) is 0.278. The summed E-state index contributed by atoms with van der Waals surface area (Å²) < 4.78 is 47.1. The molecule has 26 heavy (non-hydrogen) atoms. The smallest absolute Gasteiger partial charge is 0.426 e. The van der Waals surface area contributed by atoms with E-state index in [1.165, 1.54) is 32.0 Å². The summed E-state index contributed by atoms with van der Waals surface area (Å²) in [6.45, 7) is 2.89. The SMILES string of the molecule is COC(=O)[C@@](Nc1ccccc1Cl)(c1cc(C)c(O)c(C)c1)C(F)(F)F. The van der Waals surface area contributed by atoms with Crippen LogP contribution in [0.25, 0.3) is 0 Å². The zero-order chi connectivity index (χ0) is 19.7. The van der Waals surface area contributed by atoms with Gasteiger partial charge >= 0.3 is 12.1 Å². The molecule has 2 rings (SSSR count). The summed E-state index contributed by atoms with van der Waals surface area (Å²) >= 11 is 5.98. The van der Waals surface area contributed by atoms with Crippen LogP contribution < -0.4 is 5.32 Å². The van der Waals surface area contributed by atoms with E-state index >= 15 is 0 Å². The van der Waals surface area contributed by atoms with E-state index in [0.717, 1.165) is 19.2 Å². The number of aryl methyl sites for hydroxylation is 2. The third-order valence-corrected chi connectivity index (χ3v) is 4.37. The summed E-state index contributed by atoms with van der Waals surface area (Å²) in [6, 6.07) is 7.95. The Morgan fingerprint density at radius 1 is 1.15 bits per heavy atom. The van der Waals surface area contributed by atoms with Crippen molar-refractivity contribution in [2.75, 3.05) is 12.4 Å². The molecule has 0 amide bonds. The summed E-state index contributed by atoms with van der Waals surface area (Å²) in [6.07, 6.45) is -5.06. The van der Waals surface area contributed by atoms with Gasteiger partial charge in [-0.05, 0) is 54.8 Å². The Bertz CT molecular complexity index is 816. The van der Waals surface area contributed by atoms with Crippen molar-refractivity contribution < 1.29 is 27.8 Å². The lowest BCUT2D eigenvalue weighted by Crippen LogP contribution is -2.56. The second-order valence-corrected chi connectivity index (χ2v) is 6.21. The monoisotopic (exact) mass is 387 g/mol. The predicted octanol–water partition coefficient (Wildman–Crippen LogP) is 4.71. The van der Waals surface area contributed by atoms with Crippen LogP contribution in [0.4, 0.5) is 18.9 Å². The second-order valence-electron chi connectivity index (χ2n) is 5.80. The molecule has 0 heterocycles. The lowest BCUT2D eigenvalue weighted by molar-refractivity contribution is -0.201. The molecule has 0 aliphatic heterocycles. The van der Waals surface area contributed by atoms with Crippen LogP contribution in [0, 0.1) is 13.8 Å². The van der Waals surface area contributed by atoms with Crippen LogP contribution in [0.15, 0.2) is 36.4 Å². The fourth-order valence-corrected chi connectivity index (χ4v) is 2.86. The summed E-state index contributed by atoms with van der Waals surface area (Å²) in [5.41, 5.74) is -3.31.